The van der Waals surface area contributed by atoms with Crippen LogP contribution in [0.3, 0.4) is 0 Å². The summed E-state index contributed by atoms with van der Waals surface area (Å²) >= 11 is 1.86. The number of unbranched alkanes of at least 4 members (excludes halogenated alkanes) is 5. The zero-order chi connectivity index (χ0) is 11.5. The monoisotopic (exact) mass is 231 g/mol. The van der Waals surface area contributed by atoms with Gasteiger partial charge >= 0.3 is 0 Å². The van der Waals surface area contributed by atoms with Gasteiger partial charge in [-0.15, -0.1) is 0 Å². The van der Waals surface area contributed by atoms with E-state index in [1.165, 1.54) is 25.0 Å². The third-order valence-electron chi connectivity index (χ3n) is 2.23. The topological polar surface area (TPSA) is 57.2 Å². The highest BCUT2D eigenvalue weighted by atomic mass is 32.2. The van der Waals surface area contributed by atoms with E-state index in [2.05, 4.69) is 6.26 Å². The summed E-state index contributed by atoms with van der Waals surface area (Å²) in [6.07, 6.45) is 8.61. The predicted octanol–water partition coefficient (Wildman–Crippen LogP) is 1.40. The lowest BCUT2D eigenvalue weighted by molar-refractivity contribution is -0.300. The fourth-order valence-corrected chi connectivity index (χ4v) is 1.83. The molecule has 0 saturated carbocycles. The van der Waals surface area contributed by atoms with Crippen LogP contribution >= 0.6 is 11.8 Å². The molecule has 0 saturated heterocycles. The standard InChI is InChI=1S/C11H20O3S/c1-15-9-7-5-3-2-4-6-8-10(12)11(13)14/h2-9H2,1H3,(H,13,14)/p-1. The Kier molecular flexibility index (Phi) is 9.68. The third kappa shape index (κ3) is 9.79. The number of thioether (sulfide) groups is 1. The van der Waals surface area contributed by atoms with Gasteiger partial charge in [0.05, 0.1) is 0 Å². The third-order valence-corrected chi connectivity index (χ3v) is 2.93. The van der Waals surface area contributed by atoms with Crippen molar-refractivity contribution in [3.05, 3.63) is 0 Å². The van der Waals surface area contributed by atoms with Crippen LogP contribution in [-0.4, -0.2) is 23.8 Å². The fourth-order valence-electron chi connectivity index (χ4n) is 1.34. The fraction of sp³-hybridized carbons (Fsp3) is 0.818. The number of rotatable bonds is 10. The maximum absolute atomic E-state index is 10.7. The highest BCUT2D eigenvalue weighted by molar-refractivity contribution is 7.98. The number of carboxylic acids is 1. The first kappa shape index (κ1) is 14.5. The number of Topliss-reactive ketones (excluding diaryl/α,β-unsaturated/α-hetero) is 1. The molecule has 0 amide bonds. The van der Waals surface area contributed by atoms with Gasteiger partial charge < -0.3 is 9.90 Å². The molecule has 0 fully saturated rings. The van der Waals surface area contributed by atoms with Crippen LogP contribution in [0.2, 0.25) is 0 Å². The summed E-state index contributed by atoms with van der Waals surface area (Å²) < 4.78 is 0. The van der Waals surface area contributed by atoms with Crippen molar-refractivity contribution in [3.63, 3.8) is 0 Å². The van der Waals surface area contributed by atoms with Gasteiger partial charge in [-0.25, -0.2) is 0 Å². The predicted molar refractivity (Wildman–Crippen MR) is 60.7 cm³/mol. The minimum Gasteiger partial charge on any atom is -0.542 e. The molecular formula is C11H19O3S-. The minimum atomic E-state index is -1.55. The Morgan fingerprint density at radius 1 is 1.00 bits per heavy atom. The van der Waals surface area contributed by atoms with Gasteiger partial charge in [0.2, 0.25) is 0 Å². The van der Waals surface area contributed by atoms with E-state index in [9.17, 15) is 14.7 Å². The molecule has 0 radical (unpaired) electrons. The zero-order valence-corrected chi connectivity index (χ0v) is 10.1. The van der Waals surface area contributed by atoms with E-state index < -0.39 is 11.8 Å². The smallest absolute Gasteiger partial charge is 0.178 e. The summed E-state index contributed by atoms with van der Waals surface area (Å²) in [4.78, 5) is 20.7. The van der Waals surface area contributed by atoms with Crippen molar-refractivity contribution in [2.24, 2.45) is 0 Å². The van der Waals surface area contributed by atoms with E-state index >= 15 is 0 Å². The van der Waals surface area contributed by atoms with Gasteiger partial charge in [0.15, 0.2) is 5.78 Å². The highest BCUT2D eigenvalue weighted by Crippen LogP contribution is 2.09. The number of carboxylic acid groups (broad SMARTS) is 1. The van der Waals surface area contributed by atoms with E-state index in [1.54, 1.807) is 0 Å². The van der Waals surface area contributed by atoms with Gasteiger partial charge in [0, 0.05) is 6.42 Å². The van der Waals surface area contributed by atoms with Crippen LogP contribution in [0, 0.1) is 0 Å². The molecule has 0 aliphatic carbocycles. The first-order chi connectivity index (χ1) is 7.18. The number of carbonyl (C=O) groups excluding carboxylic acids is 2. The van der Waals surface area contributed by atoms with Crippen molar-refractivity contribution in [1.29, 1.82) is 0 Å². The normalized spacial score (nSPS) is 10.2. The van der Waals surface area contributed by atoms with Gasteiger partial charge in [-0.05, 0) is 24.9 Å². The molecule has 0 aromatic carbocycles. The quantitative estimate of drug-likeness (QED) is 0.421. The molecule has 88 valence electrons. The number of ketones is 1. The number of hydrogen-bond acceptors (Lipinski definition) is 4. The van der Waals surface area contributed by atoms with Crippen LogP contribution in [-0.2, 0) is 9.59 Å². The number of hydrogen-bond donors (Lipinski definition) is 0. The molecule has 0 aromatic heterocycles. The van der Waals surface area contributed by atoms with Crippen LogP contribution in [0.4, 0.5) is 0 Å². The van der Waals surface area contributed by atoms with Gasteiger partial charge in [0.25, 0.3) is 0 Å². The van der Waals surface area contributed by atoms with E-state index in [0.717, 1.165) is 12.8 Å². The lowest BCUT2D eigenvalue weighted by atomic mass is 10.1. The Morgan fingerprint density at radius 2 is 1.53 bits per heavy atom. The zero-order valence-electron chi connectivity index (χ0n) is 9.29. The second-order valence-electron chi connectivity index (χ2n) is 3.57. The molecule has 15 heavy (non-hydrogen) atoms. The second-order valence-corrected chi connectivity index (χ2v) is 4.56. The van der Waals surface area contributed by atoms with Crippen molar-refractivity contribution in [1.82, 2.24) is 0 Å². The molecule has 0 unspecified atom stereocenters. The van der Waals surface area contributed by atoms with Crippen molar-refractivity contribution >= 4 is 23.5 Å². The summed E-state index contributed by atoms with van der Waals surface area (Å²) in [6, 6.07) is 0. The summed E-state index contributed by atoms with van der Waals surface area (Å²) in [6.45, 7) is 0. The van der Waals surface area contributed by atoms with E-state index in [1.807, 2.05) is 11.8 Å². The average molecular weight is 231 g/mol. The first-order valence-corrected chi connectivity index (χ1v) is 6.81. The second kappa shape index (κ2) is 10.0. The van der Waals surface area contributed by atoms with Crippen LogP contribution < -0.4 is 5.11 Å². The van der Waals surface area contributed by atoms with Gasteiger partial charge in [-0.1, -0.05) is 25.7 Å². The summed E-state index contributed by atoms with van der Waals surface area (Å²) in [5.41, 5.74) is 0. The largest absolute Gasteiger partial charge is 0.542 e. The maximum Gasteiger partial charge on any atom is 0.178 e. The van der Waals surface area contributed by atoms with E-state index in [-0.39, 0.29) is 6.42 Å². The Morgan fingerprint density at radius 3 is 2.07 bits per heavy atom. The van der Waals surface area contributed by atoms with Crippen molar-refractivity contribution in [2.75, 3.05) is 12.0 Å². The summed E-state index contributed by atoms with van der Waals surface area (Å²) in [5, 5.41) is 10.1. The Bertz CT molecular complexity index is 192. The molecule has 4 heteroatoms. The number of aliphatic carboxylic acids is 1. The first-order valence-electron chi connectivity index (χ1n) is 5.41. The molecule has 0 aliphatic heterocycles. The molecule has 0 N–H and O–H groups in total. The van der Waals surface area contributed by atoms with Crippen molar-refractivity contribution in [3.8, 4) is 0 Å². The molecule has 0 heterocycles. The molecule has 0 rings (SSSR count). The molecule has 3 nitrogen and oxygen atoms in total. The SMILES string of the molecule is CSCCCCCCCCC(=O)C(=O)[O-]. The highest BCUT2D eigenvalue weighted by Gasteiger charge is 2.01. The average Bonchev–Trinajstić information content (AvgIpc) is 2.21. The Hall–Kier alpha value is -0.510. The molecule has 0 aliphatic rings. The van der Waals surface area contributed by atoms with Crippen LogP contribution in [0.5, 0.6) is 0 Å². The number of carbonyl (C=O) groups is 2. The molecule has 0 bridgehead atoms. The van der Waals surface area contributed by atoms with E-state index in [4.69, 9.17) is 0 Å². The maximum atomic E-state index is 10.7. The van der Waals surface area contributed by atoms with Crippen molar-refractivity contribution < 1.29 is 14.7 Å². The lowest BCUT2D eigenvalue weighted by Gasteiger charge is -2.02. The van der Waals surface area contributed by atoms with Crippen LogP contribution in [0.1, 0.15) is 44.9 Å². The summed E-state index contributed by atoms with van der Waals surface area (Å²) in [7, 11) is 0. The van der Waals surface area contributed by atoms with Gasteiger partial charge in [-0.3, -0.25) is 4.79 Å². The molecule has 0 spiro atoms. The Labute approximate surface area is 95.6 Å². The minimum absolute atomic E-state index is 0.132. The van der Waals surface area contributed by atoms with Crippen LogP contribution in [0.15, 0.2) is 0 Å². The van der Waals surface area contributed by atoms with Crippen molar-refractivity contribution in [2.45, 2.75) is 44.9 Å². The van der Waals surface area contributed by atoms with Gasteiger partial charge in [-0.2, -0.15) is 11.8 Å². The molecule has 0 atom stereocenters. The molecule has 0 aromatic rings. The molecular weight excluding hydrogens is 212 g/mol. The van der Waals surface area contributed by atoms with E-state index in [0.29, 0.717) is 6.42 Å². The lowest BCUT2D eigenvalue weighted by Crippen LogP contribution is -2.31. The van der Waals surface area contributed by atoms with Crippen LogP contribution in [0.25, 0.3) is 0 Å². The van der Waals surface area contributed by atoms with Gasteiger partial charge in [0.1, 0.15) is 5.97 Å². The Balaban J connectivity index is 3.11. The summed E-state index contributed by atoms with van der Waals surface area (Å²) in [5.74, 6) is -1.10.